The molecule has 10 heteroatoms. The number of fused-ring (bicyclic) bond motifs is 1. The van der Waals surface area contributed by atoms with Crippen molar-refractivity contribution in [1.82, 2.24) is 29.5 Å². The van der Waals surface area contributed by atoms with Crippen LogP contribution in [0.15, 0.2) is 90.6 Å². The molecule has 1 atom stereocenters. The molecule has 7 nitrogen and oxygen atoms in total. The minimum atomic E-state index is -4.50. The van der Waals surface area contributed by atoms with E-state index >= 15 is 0 Å². The van der Waals surface area contributed by atoms with Crippen molar-refractivity contribution < 1.29 is 13.2 Å². The third-order valence-corrected chi connectivity index (χ3v) is 9.23. The minimum Gasteiger partial charge on any atom is -0.378 e. The van der Waals surface area contributed by atoms with Crippen LogP contribution < -0.4 is 4.90 Å². The van der Waals surface area contributed by atoms with Crippen LogP contribution in [-0.4, -0.2) is 68.9 Å². The van der Waals surface area contributed by atoms with Gasteiger partial charge in [0.1, 0.15) is 18.0 Å². The standard InChI is InChI=1S/C32H38F3N7/c1-6-38(4)21(2)26-17-40(18-26)15-23-13-28(32(33,34)35)29-19-41(22(3)42(29)16-23)27-12-8-11-25(14-27)30(24-9-7-10-24)31-37-36-20-39(31)5/h8,11-14,16,19-20,24,26,30H,2-3,6-7,9-10,15,17-18H2,1,4-5H3. The van der Waals surface area contributed by atoms with Gasteiger partial charge >= 0.3 is 6.18 Å². The lowest BCUT2D eigenvalue weighted by Crippen LogP contribution is -2.50. The maximum atomic E-state index is 14.4. The van der Waals surface area contributed by atoms with Gasteiger partial charge in [0, 0.05) is 75.9 Å². The molecule has 42 heavy (non-hydrogen) atoms. The summed E-state index contributed by atoms with van der Waals surface area (Å²) in [5.74, 6) is 2.23. The molecular formula is C32H38F3N7. The Hall–Kier alpha value is -3.79. The predicted molar refractivity (Wildman–Crippen MR) is 158 cm³/mol. The summed E-state index contributed by atoms with van der Waals surface area (Å²) in [6.07, 6.45) is 5.27. The first-order valence-electron chi connectivity index (χ1n) is 14.6. The number of aryl methyl sites for hydroxylation is 1. The van der Waals surface area contributed by atoms with Gasteiger partial charge < -0.3 is 19.3 Å². The highest BCUT2D eigenvalue weighted by molar-refractivity contribution is 5.64. The van der Waals surface area contributed by atoms with Crippen LogP contribution in [0.5, 0.6) is 0 Å². The summed E-state index contributed by atoms with van der Waals surface area (Å²) in [6.45, 7) is 13.4. The molecule has 4 heterocycles. The van der Waals surface area contributed by atoms with Gasteiger partial charge in [0.15, 0.2) is 0 Å². The number of nitrogens with zero attached hydrogens (tertiary/aromatic N) is 7. The van der Waals surface area contributed by atoms with E-state index in [1.54, 1.807) is 28.5 Å². The molecule has 1 aliphatic carbocycles. The molecule has 222 valence electrons. The van der Waals surface area contributed by atoms with Gasteiger partial charge in [-0.3, -0.25) is 4.90 Å². The second-order valence-electron chi connectivity index (χ2n) is 11.9. The monoisotopic (exact) mass is 577 g/mol. The van der Waals surface area contributed by atoms with E-state index in [9.17, 15) is 13.2 Å². The largest absolute Gasteiger partial charge is 0.418 e. The van der Waals surface area contributed by atoms with E-state index in [1.165, 1.54) is 12.5 Å². The third-order valence-electron chi connectivity index (χ3n) is 9.23. The first kappa shape index (κ1) is 28.3. The number of aromatic nitrogens is 3. The lowest BCUT2D eigenvalue weighted by atomic mass is 9.72. The molecule has 1 unspecified atom stereocenters. The number of anilines is 1. The number of hydrogen-bond donors (Lipinski definition) is 0. The molecule has 0 bridgehead atoms. The zero-order valence-electron chi connectivity index (χ0n) is 24.5. The number of rotatable bonds is 9. The van der Waals surface area contributed by atoms with Gasteiger partial charge in [-0.1, -0.05) is 31.7 Å². The van der Waals surface area contributed by atoms with E-state index in [0.29, 0.717) is 29.8 Å². The maximum Gasteiger partial charge on any atom is 0.418 e. The Kier molecular flexibility index (Phi) is 7.29. The van der Waals surface area contributed by atoms with Gasteiger partial charge in [-0.15, -0.1) is 10.2 Å². The fourth-order valence-electron chi connectivity index (χ4n) is 6.39. The van der Waals surface area contributed by atoms with Crippen molar-refractivity contribution in [1.29, 1.82) is 0 Å². The van der Waals surface area contributed by atoms with E-state index < -0.39 is 11.7 Å². The molecule has 0 spiro atoms. The van der Waals surface area contributed by atoms with Crippen molar-refractivity contribution in [2.75, 3.05) is 38.1 Å². The Morgan fingerprint density at radius 1 is 1.17 bits per heavy atom. The fraction of sp³-hybridized carbons (Fsp3) is 0.438. The van der Waals surface area contributed by atoms with Crippen molar-refractivity contribution in [2.24, 2.45) is 18.9 Å². The molecule has 1 aromatic heterocycles. The topological polar surface area (TPSA) is 43.7 Å². The van der Waals surface area contributed by atoms with Gasteiger partial charge in [-0.2, -0.15) is 13.2 Å². The van der Waals surface area contributed by atoms with Crippen LogP contribution in [0.2, 0.25) is 0 Å². The Morgan fingerprint density at radius 3 is 2.55 bits per heavy atom. The van der Waals surface area contributed by atoms with Crippen LogP contribution in [0.4, 0.5) is 18.9 Å². The number of alkyl halides is 3. The molecule has 3 aliphatic heterocycles. The highest BCUT2D eigenvalue weighted by Gasteiger charge is 2.44. The number of hydrogen-bond acceptors (Lipinski definition) is 6. The fourth-order valence-corrected chi connectivity index (χ4v) is 6.39. The SMILES string of the molecule is C=C(C1CN(CC2=CN3C(=C)N(c4cccc(C(c5nncn5C)C5CCC5)c4)C=C3C(C(F)(F)F)=C2)C1)N(C)CC. The molecule has 0 amide bonds. The van der Waals surface area contributed by atoms with Gasteiger partial charge in [0.25, 0.3) is 0 Å². The summed E-state index contributed by atoms with van der Waals surface area (Å²) < 4.78 is 45.1. The number of likely N-dealkylation sites (tertiary alicyclic amines) is 1. The molecule has 2 fully saturated rings. The quantitative estimate of drug-likeness (QED) is 0.366. The smallest absolute Gasteiger partial charge is 0.378 e. The summed E-state index contributed by atoms with van der Waals surface area (Å²) in [6, 6.07) is 8.01. The number of benzene rings is 1. The highest BCUT2D eigenvalue weighted by Crippen LogP contribution is 2.46. The normalized spacial score (nSPS) is 20.4. The molecule has 1 saturated carbocycles. The Balaban J connectivity index is 1.25. The second-order valence-corrected chi connectivity index (χ2v) is 11.9. The molecule has 1 aromatic carbocycles. The number of halogens is 3. The first-order chi connectivity index (χ1) is 20.0. The zero-order valence-corrected chi connectivity index (χ0v) is 24.5. The Labute approximate surface area is 245 Å². The van der Waals surface area contributed by atoms with Gasteiger partial charge in [0.05, 0.1) is 11.3 Å². The number of allylic oxidation sites excluding steroid dienone is 1. The van der Waals surface area contributed by atoms with E-state index in [1.807, 2.05) is 30.8 Å². The summed E-state index contributed by atoms with van der Waals surface area (Å²) in [5.41, 5.74) is 2.97. The van der Waals surface area contributed by atoms with Crippen molar-refractivity contribution in [3.8, 4) is 0 Å². The first-order valence-corrected chi connectivity index (χ1v) is 14.6. The predicted octanol–water partition coefficient (Wildman–Crippen LogP) is 5.97. The molecule has 0 radical (unpaired) electrons. The average molecular weight is 578 g/mol. The Morgan fingerprint density at radius 2 is 1.93 bits per heavy atom. The van der Waals surface area contributed by atoms with Crippen molar-refractivity contribution in [3.63, 3.8) is 0 Å². The van der Waals surface area contributed by atoms with Crippen LogP contribution in [-0.2, 0) is 7.05 Å². The molecule has 4 aliphatic rings. The second kappa shape index (κ2) is 10.8. The lowest BCUT2D eigenvalue weighted by molar-refractivity contribution is -0.0909. The molecule has 0 N–H and O–H groups in total. The van der Waals surface area contributed by atoms with Gasteiger partial charge in [0.2, 0.25) is 0 Å². The lowest BCUT2D eigenvalue weighted by Gasteiger charge is -2.43. The summed E-state index contributed by atoms with van der Waals surface area (Å²) in [4.78, 5) is 7.63. The summed E-state index contributed by atoms with van der Waals surface area (Å²) in [7, 11) is 3.97. The van der Waals surface area contributed by atoms with Crippen molar-refractivity contribution in [2.45, 2.75) is 38.3 Å². The van der Waals surface area contributed by atoms with Crippen LogP contribution >= 0.6 is 0 Å². The molecule has 6 rings (SSSR count). The van der Waals surface area contributed by atoms with Crippen molar-refractivity contribution in [3.05, 3.63) is 102 Å². The van der Waals surface area contributed by atoms with Crippen molar-refractivity contribution >= 4 is 5.69 Å². The van der Waals surface area contributed by atoms with Crippen LogP contribution in [0, 0.1) is 11.8 Å². The third kappa shape index (κ3) is 5.06. The van der Waals surface area contributed by atoms with Crippen LogP contribution in [0.3, 0.4) is 0 Å². The van der Waals surface area contributed by atoms with E-state index in [-0.39, 0.29) is 11.6 Å². The highest BCUT2D eigenvalue weighted by atomic mass is 19.4. The average Bonchev–Trinajstić information content (AvgIpc) is 3.48. The van der Waals surface area contributed by atoms with E-state index in [0.717, 1.165) is 55.2 Å². The summed E-state index contributed by atoms with van der Waals surface area (Å²) in [5, 5.41) is 8.52. The molecular weight excluding hydrogens is 539 g/mol. The molecule has 2 aromatic rings. The molecule has 1 saturated heterocycles. The van der Waals surface area contributed by atoms with E-state index in [4.69, 9.17) is 0 Å². The van der Waals surface area contributed by atoms with Crippen LogP contribution in [0.25, 0.3) is 0 Å². The maximum absolute atomic E-state index is 14.4. The van der Waals surface area contributed by atoms with Gasteiger partial charge in [-0.25, -0.2) is 0 Å². The minimum absolute atomic E-state index is 0.0722. The Bertz CT molecular complexity index is 1470. The van der Waals surface area contributed by atoms with Gasteiger partial charge in [-0.05, 0) is 55.0 Å². The van der Waals surface area contributed by atoms with E-state index in [2.05, 4.69) is 52.2 Å². The summed E-state index contributed by atoms with van der Waals surface area (Å²) >= 11 is 0. The van der Waals surface area contributed by atoms with Crippen LogP contribution in [0.1, 0.15) is 43.5 Å². The zero-order chi connectivity index (χ0) is 29.8.